The number of carbonyl (C=O) groups excluding carboxylic acids is 1. The highest BCUT2D eigenvalue weighted by atomic mass is 16.5. The predicted octanol–water partition coefficient (Wildman–Crippen LogP) is 1.75. The van der Waals surface area contributed by atoms with Gasteiger partial charge in [0.2, 0.25) is 5.88 Å². The maximum absolute atomic E-state index is 11.9. The van der Waals surface area contributed by atoms with Gasteiger partial charge in [0.05, 0.1) is 6.54 Å². The summed E-state index contributed by atoms with van der Waals surface area (Å²) in [6, 6.07) is 1.75. The lowest BCUT2D eigenvalue weighted by Crippen LogP contribution is -2.48. The first kappa shape index (κ1) is 14.6. The molecule has 2 amide bonds. The lowest BCUT2D eigenvalue weighted by molar-refractivity contribution is 0.0976. The summed E-state index contributed by atoms with van der Waals surface area (Å²) in [5.74, 6) is 1.27. The minimum atomic E-state index is -0.000909. The molecule has 1 N–H and O–H groups in total. The average Bonchev–Trinajstić information content (AvgIpc) is 2.45. The molecule has 1 unspecified atom stereocenters. The second-order valence-electron chi connectivity index (χ2n) is 5.00. The van der Waals surface area contributed by atoms with E-state index in [4.69, 9.17) is 4.74 Å². The van der Waals surface area contributed by atoms with Gasteiger partial charge in [-0.05, 0) is 26.2 Å². The molecule has 6 heteroatoms. The summed E-state index contributed by atoms with van der Waals surface area (Å²) in [5.41, 5.74) is 0. The number of piperidine rings is 1. The lowest BCUT2D eigenvalue weighted by atomic mass is 10.1. The Morgan fingerprint density at radius 2 is 2.45 bits per heavy atom. The summed E-state index contributed by atoms with van der Waals surface area (Å²) < 4.78 is 5.85. The van der Waals surface area contributed by atoms with Crippen LogP contribution in [0.4, 0.5) is 4.79 Å². The Kier molecular flexibility index (Phi) is 5.15. The molecule has 2 rings (SSSR count). The fraction of sp³-hybridized carbons (Fsp3) is 0.643. The quantitative estimate of drug-likeness (QED) is 0.911. The van der Waals surface area contributed by atoms with Gasteiger partial charge >= 0.3 is 6.03 Å². The van der Waals surface area contributed by atoms with E-state index in [0.29, 0.717) is 24.8 Å². The molecule has 2 heterocycles. The Balaban J connectivity index is 1.88. The zero-order valence-corrected chi connectivity index (χ0v) is 12.1. The SMILES string of the molecule is CCCNC(=O)N1CCCC(Oc2ccnc(C)n2)C1. The first-order valence-electron chi connectivity index (χ1n) is 7.18. The van der Waals surface area contributed by atoms with E-state index in [1.54, 1.807) is 12.3 Å². The summed E-state index contributed by atoms with van der Waals surface area (Å²) in [6.07, 6.45) is 4.53. The monoisotopic (exact) mass is 278 g/mol. The normalized spacial score (nSPS) is 18.7. The minimum Gasteiger partial charge on any atom is -0.472 e. The van der Waals surface area contributed by atoms with Crippen molar-refractivity contribution in [1.82, 2.24) is 20.2 Å². The molecule has 1 aromatic heterocycles. The Morgan fingerprint density at radius 1 is 1.60 bits per heavy atom. The van der Waals surface area contributed by atoms with Crippen molar-refractivity contribution < 1.29 is 9.53 Å². The number of likely N-dealkylation sites (tertiary alicyclic amines) is 1. The molecular weight excluding hydrogens is 256 g/mol. The van der Waals surface area contributed by atoms with E-state index < -0.39 is 0 Å². The van der Waals surface area contributed by atoms with Crippen LogP contribution in [0.25, 0.3) is 0 Å². The number of aryl methyl sites for hydroxylation is 1. The van der Waals surface area contributed by atoms with Crippen molar-refractivity contribution in [2.24, 2.45) is 0 Å². The number of nitrogens with one attached hydrogen (secondary N) is 1. The second-order valence-corrected chi connectivity index (χ2v) is 5.00. The van der Waals surface area contributed by atoms with Crippen molar-refractivity contribution in [3.05, 3.63) is 18.1 Å². The third-order valence-corrected chi connectivity index (χ3v) is 3.23. The van der Waals surface area contributed by atoms with Gasteiger partial charge in [-0.15, -0.1) is 0 Å². The first-order chi connectivity index (χ1) is 9.69. The number of amides is 2. The maximum Gasteiger partial charge on any atom is 0.317 e. The number of aromatic nitrogens is 2. The maximum atomic E-state index is 11.9. The van der Waals surface area contributed by atoms with Crippen LogP contribution in [0, 0.1) is 6.92 Å². The lowest BCUT2D eigenvalue weighted by Gasteiger charge is -2.32. The highest BCUT2D eigenvalue weighted by Crippen LogP contribution is 2.16. The van der Waals surface area contributed by atoms with Gasteiger partial charge in [-0.25, -0.2) is 9.78 Å². The highest BCUT2D eigenvalue weighted by Gasteiger charge is 2.24. The molecule has 110 valence electrons. The molecule has 1 saturated heterocycles. The molecule has 0 aromatic carbocycles. The van der Waals surface area contributed by atoms with Crippen LogP contribution >= 0.6 is 0 Å². The molecule has 0 radical (unpaired) electrons. The van der Waals surface area contributed by atoms with E-state index in [1.165, 1.54) is 0 Å². The van der Waals surface area contributed by atoms with Crippen molar-refractivity contribution in [3.8, 4) is 5.88 Å². The van der Waals surface area contributed by atoms with E-state index in [9.17, 15) is 4.79 Å². The standard InChI is InChI=1S/C14H22N4O2/c1-3-7-16-14(19)18-9-4-5-12(10-18)20-13-6-8-15-11(2)17-13/h6,8,12H,3-5,7,9-10H2,1-2H3,(H,16,19). The highest BCUT2D eigenvalue weighted by molar-refractivity contribution is 5.74. The van der Waals surface area contributed by atoms with Gasteiger partial charge in [-0.1, -0.05) is 6.92 Å². The van der Waals surface area contributed by atoms with Crippen LogP contribution < -0.4 is 10.1 Å². The van der Waals surface area contributed by atoms with Crippen LogP contribution in [0.2, 0.25) is 0 Å². The molecule has 1 aliphatic rings. The molecule has 20 heavy (non-hydrogen) atoms. The number of carbonyl (C=O) groups is 1. The molecule has 0 bridgehead atoms. The van der Waals surface area contributed by atoms with Crippen molar-refractivity contribution in [2.45, 2.75) is 39.2 Å². The van der Waals surface area contributed by atoms with E-state index in [2.05, 4.69) is 15.3 Å². The molecule has 0 spiro atoms. The van der Waals surface area contributed by atoms with Crippen LogP contribution in [-0.4, -0.2) is 46.6 Å². The van der Waals surface area contributed by atoms with Crippen molar-refractivity contribution in [1.29, 1.82) is 0 Å². The Bertz CT molecular complexity index is 453. The molecule has 6 nitrogen and oxygen atoms in total. The molecular formula is C14H22N4O2. The van der Waals surface area contributed by atoms with Gasteiger partial charge in [0, 0.05) is 25.4 Å². The van der Waals surface area contributed by atoms with Crippen molar-refractivity contribution in [3.63, 3.8) is 0 Å². The zero-order valence-electron chi connectivity index (χ0n) is 12.1. The number of rotatable bonds is 4. The molecule has 1 aromatic rings. The minimum absolute atomic E-state index is 0.000909. The number of ether oxygens (including phenoxy) is 1. The fourth-order valence-electron chi connectivity index (χ4n) is 2.23. The summed E-state index contributed by atoms with van der Waals surface area (Å²) in [5, 5.41) is 2.90. The van der Waals surface area contributed by atoms with Crippen LogP contribution in [0.3, 0.4) is 0 Å². The van der Waals surface area contributed by atoms with Gasteiger partial charge in [0.15, 0.2) is 0 Å². The Morgan fingerprint density at radius 3 is 3.20 bits per heavy atom. The van der Waals surface area contributed by atoms with Gasteiger partial charge in [-0.2, -0.15) is 4.98 Å². The number of hydrogen-bond donors (Lipinski definition) is 1. The van der Waals surface area contributed by atoms with E-state index in [0.717, 1.165) is 25.8 Å². The first-order valence-corrected chi connectivity index (χ1v) is 7.18. The fourth-order valence-corrected chi connectivity index (χ4v) is 2.23. The summed E-state index contributed by atoms with van der Waals surface area (Å²) >= 11 is 0. The predicted molar refractivity (Wildman–Crippen MR) is 75.7 cm³/mol. The third-order valence-electron chi connectivity index (χ3n) is 3.23. The third kappa shape index (κ3) is 4.08. The van der Waals surface area contributed by atoms with Crippen LogP contribution in [0.1, 0.15) is 32.0 Å². The van der Waals surface area contributed by atoms with Crippen LogP contribution in [0.15, 0.2) is 12.3 Å². The number of hydrogen-bond acceptors (Lipinski definition) is 4. The van der Waals surface area contributed by atoms with E-state index in [1.807, 2.05) is 18.7 Å². The van der Waals surface area contributed by atoms with Gasteiger partial charge in [-0.3, -0.25) is 0 Å². The van der Waals surface area contributed by atoms with Crippen molar-refractivity contribution >= 4 is 6.03 Å². The van der Waals surface area contributed by atoms with E-state index in [-0.39, 0.29) is 12.1 Å². The van der Waals surface area contributed by atoms with Gasteiger partial charge in [0.1, 0.15) is 11.9 Å². The molecule has 0 saturated carbocycles. The largest absolute Gasteiger partial charge is 0.472 e. The molecule has 1 aliphatic heterocycles. The second kappa shape index (κ2) is 7.07. The van der Waals surface area contributed by atoms with Crippen molar-refractivity contribution in [2.75, 3.05) is 19.6 Å². The van der Waals surface area contributed by atoms with Crippen LogP contribution in [0.5, 0.6) is 5.88 Å². The number of nitrogens with zero attached hydrogens (tertiary/aromatic N) is 3. The Hall–Kier alpha value is -1.85. The topological polar surface area (TPSA) is 67.4 Å². The summed E-state index contributed by atoms with van der Waals surface area (Å²) in [6.45, 7) is 5.99. The summed E-state index contributed by atoms with van der Waals surface area (Å²) in [7, 11) is 0. The smallest absolute Gasteiger partial charge is 0.317 e. The van der Waals surface area contributed by atoms with Crippen LogP contribution in [-0.2, 0) is 0 Å². The average molecular weight is 278 g/mol. The number of urea groups is 1. The molecule has 0 aliphatic carbocycles. The van der Waals surface area contributed by atoms with Gasteiger partial charge in [0.25, 0.3) is 0 Å². The zero-order chi connectivity index (χ0) is 14.4. The van der Waals surface area contributed by atoms with Gasteiger partial charge < -0.3 is 15.0 Å². The molecule has 1 atom stereocenters. The Labute approximate surface area is 119 Å². The van der Waals surface area contributed by atoms with E-state index >= 15 is 0 Å². The summed E-state index contributed by atoms with van der Waals surface area (Å²) in [4.78, 5) is 22.0. The molecule has 1 fully saturated rings.